The van der Waals surface area contributed by atoms with Gasteiger partial charge in [0.15, 0.2) is 6.61 Å². The number of hydrogen-bond acceptors (Lipinski definition) is 3. The first-order chi connectivity index (χ1) is 12.1. The zero-order valence-corrected chi connectivity index (χ0v) is 14.9. The highest BCUT2D eigenvalue weighted by atomic mass is 35.5. The van der Waals surface area contributed by atoms with Gasteiger partial charge in [0.2, 0.25) is 0 Å². The lowest BCUT2D eigenvalue weighted by molar-refractivity contribution is -0.123. The first-order valence-electron chi connectivity index (χ1n) is 7.88. The Labute approximate surface area is 155 Å². The molecule has 0 bridgehead atoms. The maximum Gasteiger partial charge on any atom is 0.257 e. The summed E-state index contributed by atoms with van der Waals surface area (Å²) in [5.74, 6) is 0.330. The number of halogens is 2. The fraction of sp³-hybridized carbons (Fsp3) is 0.222. The lowest BCUT2D eigenvalue weighted by Gasteiger charge is -2.09. The summed E-state index contributed by atoms with van der Waals surface area (Å²) < 4.78 is 7.47. The third kappa shape index (κ3) is 4.65. The summed E-state index contributed by atoms with van der Waals surface area (Å²) in [6.07, 6.45) is 2.62. The Morgan fingerprint density at radius 2 is 2.00 bits per heavy atom. The Kier molecular flexibility index (Phi) is 5.79. The molecule has 0 saturated carbocycles. The predicted octanol–water partition coefficient (Wildman–Crippen LogP) is 3.93. The van der Waals surface area contributed by atoms with Gasteiger partial charge in [-0.15, -0.1) is 0 Å². The minimum Gasteiger partial charge on any atom is -0.484 e. The molecule has 0 fully saturated rings. The SMILES string of the molecule is O=C(COc1ccc(Cl)c(Cl)c1)NCCCn1cnc2ccccc21. The van der Waals surface area contributed by atoms with Crippen LogP contribution in [0, 0.1) is 0 Å². The molecular formula is C18H17Cl2N3O2. The highest BCUT2D eigenvalue weighted by Gasteiger charge is 2.05. The fourth-order valence-corrected chi connectivity index (χ4v) is 2.72. The number of carbonyl (C=O) groups excluding carboxylic acids is 1. The third-order valence-electron chi connectivity index (χ3n) is 3.69. The molecule has 0 aliphatic carbocycles. The van der Waals surface area contributed by atoms with Crippen molar-refractivity contribution in [1.29, 1.82) is 0 Å². The third-order valence-corrected chi connectivity index (χ3v) is 4.43. The molecule has 0 atom stereocenters. The summed E-state index contributed by atoms with van der Waals surface area (Å²) in [7, 11) is 0. The van der Waals surface area contributed by atoms with Crippen LogP contribution in [0.25, 0.3) is 11.0 Å². The first-order valence-corrected chi connectivity index (χ1v) is 8.63. The molecule has 1 amide bonds. The molecule has 3 rings (SSSR count). The molecule has 2 aromatic carbocycles. The molecular weight excluding hydrogens is 361 g/mol. The van der Waals surface area contributed by atoms with Crippen molar-refractivity contribution < 1.29 is 9.53 Å². The van der Waals surface area contributed by atoms with Gasteiger partial charge >= 0.3 is 0 Å². The summed E-state index contributed by atoms with van der Waals surface area (Å²) >= 11 is 11.7. The van der Waals surface area contributed by atoms with Gasteiger partial charge in [-0.2, -0.15) is 0 Å². The Morgan fingerprint density at radius 3 is 2.84 bits per heavy atom. The Balaban J connectivity index is 1.40. The number of benzene rings is 2. The van der Waals surface area contributed by atoms with E-state index >= 15 is 0 Å². The standard InChI is InChI=1S/C18H17Cl2N3O2/c19-14-7-6-13(10-15(14)20)25-11-18(24)21-8-3-9-23-12-22-16-4-1-2-5-17(16)23/h1-2,4-7,10,12H,3,8-9,11H2,(H,21,24). The normalized spacial score (nSPS) is 10.8. The van der Waals surface area contributed by atoms with Crippen molar-refractivity contribution >= 4 is 40.1 Å². The van der Waals surface area contributed by atoms with Gasteiger partial charge in [-0.1, -0.05) is 35.3 Å². The van der Waals surface area contributed by atoms with Crippen molar-refractivity contribution in [3.63, 3.8) is 0 Å². The van der Waals surface area contributed by atoms with Crippen LogP contribution in [0.2, 0.25) is 10.0 Å². The molecule has 0 unspecified atom stereocenters. The minimum atomic E-state index is -0.179. The summed E-state index contributed by atoms with van der Waals surface area (Å²) in [5, 5.41) is 3.68. The van der Waals surface area contributed by atoms with E-state index in [9.17, 15) is 4.79 Å². The van der Waals surface area contributed by atoms with Crippen LogP contribution in [-0.4, -0.2) is 28.6 Å². The van der Waals surface area contributed by atoms with Crippen molar-refractivity contribution in [2.75, 3.05) is 13.2 Å². The van der Waals surface area contributed by atoms with Crippen LogP contribution in [0.1, 0.15) is 6.42 Å². The van der Waals surface area contributed by atoms with E-state index < -0.39 is 0 Å². The van der Waals surface area contributed by atoms with Crippen molar-refractivity contribution in [3.05, 3.63) is 58.8 Å². The molecule has 0 saturated heterocycles. The van der Waals surface area contributed by atoms with Crippen molar-refractivity contribution in [2.24, 2.45) is 0 Å². The number of ether oxygens (including phenoxy) is 1. The molecule has 25 heavy (non-hydrogen) atoms. The van der Waals surface area contributed by atoms with E-state index in [0.29, 0.717) is 22.3 Å². The average Bonchev–Trinajstić information content (AvgIpc) is 3.03. The minimum absolute atomic E-state index is 0.0635. The summed E-state index contributed by atoms with van der Waals surface area (Å²) in [6.45, 7) is 1.29. The number of carbonyl (C=O) groups is 1. The van der Waals surface area contributed by atoms with E-state index in [1.54, 1.807) is 18.2 Å². The molecule has 0 spiro atoms. The second kappa shape index (κ2) is 8.23. The Morgan fingerprint density at radius 1 is 1.16 bits per heavy atom. The smallest absolute Gasteiger partial charge is 0.257 e. The molecule has 1 heterocycles. The van der Waals surface area contributed by atoms with E-state index in [1.165, 1.54) is 0 Å². The van der Waals surface area contributed by atoms with Gasteiger partial charge in [0, 0.05) is 19.2 Å². The number of nitrogens with one attached hydrogen (secondary N) is 1. The van der Waals surface area contributed by atoms with Crippen LogP contribution in [-0.2, 0) is 11.3 Å². The zero-order chi connectivity index (χ0) is 17.6. The maximum absolute atomic E-state index is 11.8. The van der Waals surface area contributed by atoms with Gasteiger partial charge < -0.3 is 14.6 Å². The van der Waals surface area contributed by atoms with Gasteiger partial charge in [-0.05, 0) is 30.7 Å². The predicted molar refractivity (Wildman–Crippen MR) is 99.3 cm³/mol. The summed E-state index contributed by atoms with van der Waals surface area (Å²) in [4.78, 5) is 16.2. The molecule has 0 aliphatic rings. The number of fused-ring (bicyclic) bond motifs is 1. The second-order valence-electron chi connectivity index (χ2n) is 5.49. The zero-order valence-electron chi connectivity index (χ0n) is 13.4. The van der Waals surface area contributed by atoms with Gasteiger partial charge in [0.25, 0.3) is 5.91 Å². The number of para-hydroxylation sites is 2. The highest BCUT2D eigenvalue weighted by Crippen LogP contribution is 2.26. The summed E-state index contributed by atoms with van der Waals surface area (Å²) in [5.41, 5.74) is 2.07. The van der Waals surface area contributed by atoms with Crippen LogP contribution < -0.4 is 10.1 Å². The van der Waals surface area contributed by atoms with E-state index in [4.69, 9.17) is 27.9 Å². The maximum atomic E-state index is 11.8. The number of amides is 1. The molecule has 130 valence electrons. The van der Waals surface area contributed by atoms with Crippen LogP contribution in [0.15, 0.2) is 48.8 Å². The first kappa shape index (κ1) is 17.6. The largest absolute Gasteiger partial charge is 0.484 e. The quantitative estimate of drug-likeness (QED) is 0.634. The molecule has 7 heteroatoms. The van der Waals surface area contributed by atoms with Crippen molar-refractivity contribution in [3.8, 4) is 5.75 Å². The molecule has 0 aliphatic heterocycles. The highest BCUT2D eigenvalue weighted by molar-refractivity contribution is 6.42. The number of nitrogens with zero attached hydrogens (tertiary/aromatic N) is 2. The van der Waals surface area contributed by atoms with Crippen molar-refractivity contribution in [2.45, 2.75) is 13.0 Å². The van der Waals surface area contributed by atoms with Gasteiger partial charge in [-0.3, -0.25) is 4.79 Å². The molecule has 0 radical (unpaired) electrons. The number of rotatable bonds is 7. The number of hydrogen-bond donors (Lipinski definition) is 1. The lowest BCUT2D eigenvalue weighted by atomic mass is 10.3. The second-order valence-corrected chi connectivity index (χ2v) is 6.31. The molecule has 5 nitrogen and oxygen atoms in total. The number of aromatic nitrogens is 2. The van der Waals surface area contributed by atoms with E-state index in [1.807, 2.05) is 30.6 Å². The fourth-order valence-electron chi connectivity index (χ4n) is 2.43. The average molecular weight is 378 g/mol. The van der Waals surface area contributed by atoms with Crippen LogP contribution >= 0.6 is 23.2 Å². The van der Waals surface area contributed by atoms with Crippen LogP contribution in [0.4, 0.5) is 0 Å². The molecule has 1 aromatic heterocycles. The van der Waals surface area contributed by atoms with E-state index in [0.717, 1.165) is 24.0 Å². The van der Waals surface area contributed by atoms with Crippen LogP contribution in [0.3, 0.4) is 0 Å². The topological polar surface area (TPSA) is 56.1 Å². The van der Waals surface area contributed by atoms with Crippen LogP contribution in [0.5, 0.6) is 5.75 Å². The Bertz CT molecular complexity index is 880. The number of aryl methyl sites for hydroxylation is 1. The van der Waals surface area contributed by atoms with Crippen molar-refractivity contribution in [1.82, 2.24) is 14.9 Å². The molecule has 1 N–H and O–H groups in total. The van der Waals surface area contributed by atoms with E-state index in [2.05, 4.69) is 14.9 Å². The Hall–Kier alpha value is -2.24. The van der Waals surface area contributed by atoms with E-state index in [-0.39, 0.29) is 12.5 Å². The summed E-state index contributed by atoms with van der Waals surface area (Å²) in [6, 6.07) is 12.9. The molecule has 3 aromatic rings. The van der Waals surface area contributed by atoms with Gasteiger partial charge in [0.1, 0.15) is 5.75 Å². The monoisotopic (exact) mass is 377 g/mol. The lowest BCUT2D eigenvalue weighted by Crippen LogP contribution is -2.30. The van der Waals surface area contributed by atoms with Gasteiger partial charge in [-0.25, -0.2) is 4.98 Å². The number of imidazole rings is 1. The van der Waals surface area contributed by atoms with Gasteiger partial charge in [0.05, 0.1) is 27.4 Å².